The van der Waals surface area contributed by atoms with Crippen LogP contribution in [0.1, 0.15) is 15.9 Å². The maximum absolute atomic E-state index is 13.4. The Labute approximate surface area is 136 Å². The molecule has 2 rings (SSSR count). The summed E-state index contributed by atoms with van der Waals surface area (Å²) in [5, 5.41) is 14.6. The number of benzene rings is 2. The molecule has 0 aliphatic heterocycles. The van der Waals surface area contributed by atoms with Crippen LogP contribution in [0.15, 0.2) is 46.9 Å². The first kappa shape index (κ1) is 16.0. The summed E-state index contributed by atoms with van der Waals surface area (Å²) in [6.45, 7) is 0.732. The molecule has 2 aromatic rings. The highest BCUT2D eigenvalue weighted by Gasteiger charge is 2.09. The van der Waals surface area contributed by atoms with E-state index < -0.39 is 5.82 Å². The molecule has 0 saturated heterocycles. The standard InChI is InChI=1S/C16H13BrFN3O/c17-13-5-2-1-4-11(13)16(22)21-9-8-20-15-7-3-6-14(18)12(15)10-19/h1-7,20H,8-9H2,(H,21,22). The molecule has 0 heterocycles. The Morgan fingerprint density at radius 2 is 1.95 bits per heavy atom. The fourth-order valence-corrected chi connectivity index (χ4v) is 2.36. The second-order valence-electron chi connectivity index (χ2n) is 4.44. The lowest BCUT2D eigenvalue weighted by Crippen LogP contribution is -2.29. The molecule has 0 spiro atoms. The maximum atomic E-state index is 13.4. The van der Waals surface area contributed by atoms with Crippen LogP contribution in [0.3, 0.4) is 0 Å². The molecule has 2 aromatic carbocycles. The van der Waals surface area contributed by atoms with Crippen molar-refractivity contribution in [3.05, 3.63) is 63.9 Å². The minimum Gasteiger partial charge on any atom is -0.382 e. The van der Waals surface area contributed by atoms with Crippen molar-refractivity contribution in [3.8, 4) is 6.07 Å². The average Bonchev–Trinajstić information content (AvgIpc) is 2.52. The van der Waals surface area contributed by atoms with E-state index in [0.717, 1.165) is 4.47 Å². The highest BCUT2D eigenvalue weighted by Crippen LogP contribution is 2.17. The number of hydrogen-bond donors (Lipinski definition) is 2. The Morgan fingerprint density at radius 1 is 1.18 bits per heavy atom. The van der Waals surface area contributed by atoms with Crippen molar-refractivity contribution < 1.29 is 9.18 Å². The maximum Gasteiger partial charge on any atom is 0.252 e. The molecule has 0 aliphatic rings. The van der Waals surface area contributed by atoms with Gasteiger partial charge in [0, 0.05) is 17.6 Å². The summed E-state index contributed by atoms with van der Waals surface area (Å²) in [5.41, 5.74) is 0.934. The molecule has 0 unspecified atom stereocenters. The van der Waals surface area contributed by atoms with Gasteiger partial charge in [0.1, 0.15) is 17.4 Å². The number of hydrogen-bond acceptors (Lipinski definition) is 3. The molecule has 22 heavy (non-hydrogen) atoms. The van der Waals surface area contributed by atoms with Crippen LogP contribution in [0.4, 0.5) is 10.1 Å². The average molecular weight is 362 g/mol. The highest BCUT2D eigenvalue weighted by molar-refractivity contribution is 9.10. The molecular formula is C16H13BrFN3O. The SMILES string of the molecule is N#Cc1c(F)cccc1NCCNC(=O)c1ccccc1Br. The van der Waals surface area contributed by atoms with Crippen LogP contribution in [-0.4, -0.2) is 19.0 Å². The fourth-order valence-electron chi connectivity index (χ4n) is 1.90. The lowest BCUT2D eigenvalue weighted by atomic mass is 10.2. The minimum atomic E-state index is -0.565. The van der Waals surface area contributed by atoms with E-state index in [9.17, 15) is 9.18 Å². The summed E-state index contributed by atoms with van der Waals surface area (Å²) in [6, 6.07) is 13.3. The molecule has 0 saturated carbocycles. The van der Waals surface area contributed by atoms with Gasteiger partial charge in [-0.15, -0.1) is 0 Å². The second-order valence-corrected chi connectivity index (χ2v) is 5.29. The highest BCUT2D eigenvalue weighted by atomic mass is 79.9. The van der Waals surface area contributed by atoms with Gasteiger partial charge in [-0.1, -0.05) is 18.2 Å². The molecule has 6 heteroatoms. The summed E-state index contributed by atoms with van der Waals surface area (Å²) in [4.78, 5) is 12.0. The van der Waals surface area contributed by atoms with E-state index in [1.807, 2.05) is 12.1 Å². The largest absolute Gasteiger partial charge is 0.382 e. The molecule has 2 N–H and O–H groups in total. The van der Waals surface area contributed by atoms with E-state index in [2.05, 4.69) is 26.6 Å². The quantitative estimate of drug-likeness (QED) is 0.803. The van der Waals surface area contributed by atoms with Crippen molar-refractivity contribution >= 4 is 27.5 Å². The third-order valence-electron chi connectivity index (χ3n) is 2.97. The van der Waals surface area contributed by atoms with Crippen molar-refractivity contribution in [2.24, 2.45) is 0 Å². The van der Waals surface area contributed by atoms with E-state index in [-0.39, 0.29) is 11.5 Å². The Hall–Kier alpha value is -2.39. The minimum absolute atomic E-state index is 0.0281. The monoisotopic (exact) mass is 361 g/mol. The first-order valence-corrected chi connectivity index (χ1v) is 7.38. The van der Waals surface area contributed by atoms with Crippen molar-refractivity contribution in [1.29, 1.82) is 5.26 Å². The van der Waals surface area contributed by atoms with E-state index in [1.165, 1.54) is 12.1 Å². The van der Waals surface area contributed by atoms with Gasteiger partial charge in [-0.3, -0.25) is 4.79 Å². The lowest BCUT2D eigenvalue weighted by Gasteiger charge is -2.10. The topological polar surface area (TPSA) is 64.9 Å². The summed E-state index contributed by atoms with van der Waals surface area (Å²) < 4.78 is 14.1. The van der Waals surface area contributed by atoms with Crippen LogP contribution in [-0.2, 0) is 0 Å². The van der Waals surface area contributed by atoms with Gasteiger partial charge in [0.25, 0.3) is 5.91 Å². The molecule has 0 fully saturated rings. The van der Waals surface area contributed by atoms with E-state index >= 15 is 0 Å². The van der Waals surface area contributed by atoms with E-state index in [0.29, 0.717) is 24.3 Å². The van der Waals surface area contributed by atoms with Crippen molar-refractivity contribution in [1.82, 2.24) is 5.32 Å². The van der Waals surface area contributed by atoms with Gasteiger partial charge < -0.3 is 10.6 Å². The Bertz CT molecular complexity index is 728. The molecule has 0 aliphatic carbocycles. The summed E-state index contributed by atoms with van der Waals surface area (Å²) in [6.07, 6.45) is 0. The number of halogens is 2. The predicted octanol–water partition coefficient (Wildman–Crippen LogP) is 3.30. The number of amides is 1. The summed E-state index contributed by atoms with van der Waals surface area (Å²) >= 11 is 3.32. The fraction of sp³-hybridized carbons (Fsp3) is 0.125. The third-order valence-corrected chi connectivity index (χ3v) is 3.66. The van der Waals surface area contributed by atoms with E-state index in [4.69, 9.17) is 5.26 Å². The van der Waals surface area contributed by atoms with Crippen LogP contribution in [0.5, 0.6) is 0 Å². The third kappa shape index (κ3) is 3.83. The number of nitrogens with one attached hydrogen (secondary N) is 2. The smallest absolute Gasteiger partial charge is 0.252 e. The number of nitrogens with zero attached hydrogens (tertiary/aromatic N) is 1. The second kappa shape index (κ2) is 7.57. The molecule has 112 valence electrons. The number of carbonyl (C=O) groups is 1. The van der Waals surface area contributed by atoms with Gasteiger partial charge in [0.2, 0.25) is 0 Å². The van der Waals surface area contributed by atoms with Crippen molar-refractivity contribution in [3.63, 3.8) is 0 Å². The van der Waals surface area contributed by atoms with Crippen LogP contribution in [0.25, 0.3) is 0 Å². The zero-order valence-corrected chi connectivity index (χ0v) is 13.2. The Balaban J connectivity index is 1.88. The van der Waals surface area contributed by atoms with Gasteiger partial charge in [-0.2, -0.15) is 5.26 Å². The summed E-state index contributed by atoms with van der Waals surface area (Å²) in [5.74, 6) is -0.765. The summed E-state index contributed by atoms with van der Waals surface area (Å²) in [7, 11) is 0. The molecular weight excluding hydrogens is 349 g/mol. The van der Waals surface area contributed by atoms with Crippen LogP contribution >= 0.6 is 15.9 Å². The molecule has 0 radical (unpaired) electrons. The number of anilines is 1. The first-order chi connectivity index (χ1) is 10.6. The Kier molecular flexibility index (Phi) is 5.50. The van der Waals surface area contributed by atoms with Gasteiger partial charge in [-0.05, 0) is 40.2 Å². The predicted molar refractivity (Wildman–Crippen MR) is 86.1 cm³/mol. The number of nitriles is 1. The number of carbonyl (C=O) groups excluding carboxylic acids is 1. The molecule has 0 atom stereocenters. The van der Waals surface area contributed by atoms with Gasteiger partial charge >= 0.3 is 0 Å². The van der Waals surface area contributed by atoms with Crippen molar-refractivity contribution in [2.75, 3.05) is 18.4 Å². The van der Waals surface area contributed by atoms with E-state index in [1.54, 1.807) is 24.3 Å². The lowest BCUT2D eigenvalue weighted by molar-refractivity contribution is 0.0954. The van der Waals surface area contributed by atoms with Gasteiger partial charge in [0.05, 0.1) is 11.3 Å². The zero-order valence-electron chi connectivity index (χ0n) is 11.6. The van der Waals surface area contributed by atoms with Crippen molar-refractivity contribution in [2.45, 2.75) is 0 Å². The molecule has 1 amide bonds. The normalized spacial score (nSPS) is 9.86. The van der Waals surface area contributed by atoms with Crippen LogP contribution in [0, 0.1) is 17.1 Å². The van der Waals surface area contributed by atoms with Crippen LogP contribution < -0.4 is 10.6 Å². The Morgan fingerprint density at radius 3 is 2.68 bits per heavy atom. The van der Waals surface area contributed by atoms with Gasteiger partial charge in [-0.25, -0.2) is 4.39 Å². The number of rotatable bonds is 5. The van der Waals surface area contributed by atoms with Crippen LogP contribution in [0.2, 0.25) is 0 Å². The molecule has 0 bridgehead atoms. The molecule has 0 aromatic heterocycles. The zero-order chi connectivity index (χ0) is 15.9. The molecule has 4 nitrogen and oxygen atoms in total. The van der Waals surface area contributed by atoms with Gasteiger partial charge in [0.15, 0.2) is 0 Å². The first-order valence-electron chi connectivity index (χ1n) is 6.58.